The largest absolute Gasteiger partial charge is 0.387 e. The summed E-state index contributed by atoms with van der Waals surface area (Å²) in [7, 11) is 1.97. The van der Waals surface area contributed by atoms with Crippen LogP contribution < -0.4 is 4.90 Å². The molecule has 5 nitrogen and oxygen atoms in total. The Hall–Kier alpha value is -1.69. The van der Waals surface area contributed by atoms with Crippen LogP contribution in [0, 0.1) is 0 Å². The fraction of sp³-hybridized carbons (Fsp3) is 0.500. The number of hydrogen-bond donors (Lipinski definition) is 1. The van der Waals surface area contributed by atoms with E-state index in [9.17, 15) is 5.11 Å². The van der Waals surface area contributed by atoms with Crippen molar-refractivity contribution in [1.29, 1.82) is 0 Å². The summed E-state index contributed by atoms with van der Waals surface area (Å²) in [5, 5.41) is 11.6. The van der Waals surface area contributed by atoms with Gasteiger partial charge < -0.3 is 10.0 Å². The molecule has 2 aliphatic rings. The molecular weight excluding hydrogens is 348 g/mol. The number of likely N-dealkylation sites (tertiary alicyclic amines) is 1. The number of aromatic nitrogens is 2. The minimum absolute atomic E-state index is 0.455. The maximum absolute atomic E-state index is 11.1. The van der Waals surface area contributed by atoms with Crippen molar-refractivity contribution < 1.29 is 5.11 Å². The van der Waals surface area contributed by atoms with Gasteiger partial charge in [-0.1, -0.05) is 41.9 Å². The van der Waals surface area contributed by atoms with Gasteiger partial charge in [0, 0.05) is 45.2 Å². The van der Waals surface area contributed by atoms with Gasteiger partial charge in [-0.05, 0) is 24.8 Å². The van der Waals surface area contributed by atoms with Gasteiger partial charge in [-0.25, -0.2) is 9.97 Å². The normalized spacial score (nSPS) is 23.3. The first-order valence-electron chi connectivity index (χ1n) is 9.25. The standard InChI is InChI=1S/C20H25ClN4O/c1-24(18-11-17(21)22-19(23-18)16-7-8-16)13-20(26)9-10-25(14-20)12-15-5-3-2-4-6-15/h2-6,11,16,26H,7-10,12-14H2,1H3. The zero-order chi connectivity index (χ0) is 18.1. The van der Waals surface area contributed by atoms with Crippen molar-refractivity contribution in [3.63, 3.8) is 0 Å². The zero-order valence-corrected chi connectivity index (χ0v) is 15.9. The highest BCUT2D eigenvalue weighted by atomic mass is 35.5. The lowest BCUT2D eigenvalue weighted by Gasteiger charge is -2.30. The third-order valence-electron chi connectivity index (χ3n) is 5.22. The molecule has 0 spiro atoms. The van der Waals surface area contributed by atoms with Crippen LogP contribution in [0.5, 0.6) is 0 Å². The van der Waals surface area contributed by atoms with Gasteiger partial charge in [0.1, 0.15) is 16.8 Å². The number of hydrogen-bond acceptors (Lipinski definition) is 5. The summed E-state index contributed by atoms with van der Waals surface area (Å²) in [5.74, 6) is 2.09. The lowest BCUT2D eigenvalue weighted by Crippen LogP contribution is -2.44. The van der Waals surface area contributed by atoms with E-state index in [4.69, 9.17) is 11.6 Å². The summed E-state index contributed by atoms with van der Waals surface area (Å²) in [4.78, 5) is 13.3. The molecule has 0 amide bonds. The number of halogens is 1. The highest BCUT2D eigenvalue weighted by Crippen LogP contribution is 2.39. The fourth-order valence-electron chi connectivity index (χ4n) is 3.71. The molecule has 1 aliphatic heterocycles. The average molecular weight is 373 g/mol. The lowest BCUT2D eigenvalue weighted by atomic mass is 10.0. The van der Waals surface area contributed by atoms with E-state index < -0.39 is 5.60 Å². The lowest BCUT2D eigenvalue weighted by molar-refractivity contribution is 0.0561. The Balaban J connectivity index is 1.40. The van der Waals surface area contributed by atoms with Crippen molar-refractivity contribution in [2.24, 2.45) is 0 Å². The van der Waals surface area contributed by atoms with Gasteiger partial charge in [-0.15, -0.1) is 0 Å². The molecule has 1 saturated carbocycles. The van der Waals surface area contributed by atoms with Gasteiger partial charge in [0.05, 0.1) is 5.60 Å². The van der Waals surface area contributed by atoms with Crippen molar-refractivity contribution in [1.82, 2.24) is 14.9 Å². The molecular formula is C20H25ClN4O. The summed E-state index contributed by atoms with van der Waals surface area (Å²) in [5.41, 5.74) is 0.544. The third kappa shape index (κ3) is 4.17. The number of anilines is 1. The summed E-state index contributed by atoms with van der Waals surface area (Å²) >= 11 is 6.18. The predicted molar refractivity (Wildman–Crippen MR) is 104 cm³/mol. The molecule has 0 radical (unpaired) electrons. The Bertz CT molecular complexity index is 768. The van der Waals surface area contributed by atoms with Crippen molar-refractivity contribution in [2.45, 2.75) is 37.3 Å². The highest BCUT2D eigenvalue weighted by Gasteiger charge is 2.37. The molecule has 1 aromatic heterocycles. The molecule has 2 aromatic rings. The monoisotopic (exact) mass is 372 g/mol. The van der Waals surface area contributed by atoms with Gasteiger partial charge in [-0.3, -0.25) is 4.90 Å². The molecule has 1 aromatic carbocycles. The molecule has 138 valence electrons. The molecule has 6 heteroatoms. The number of rotatable bonds is 6. The van der Waals surface area contributed by atoms with Gasteiger partial charge in [0.25, 0.3) is 0 Å². The maximum Gasteiger partial charge on any atom is 0.135 e. The number of nitrogens with zero attached hydrogens (tertiary/aromatic N) is 4. The van der Waals surface area contributed by atoms with Gasteiger partial charge in [0.15, 0.2) is 0 Å². The summed E-state index contributed by atoms with van der Waals surface area (Å²) in [6.45, 7) is 2.98. The molecule has 26 heavy (non-hydrogen) atoms. The molecule has 1 unspecified atom stereocenters. The Kier molecular flexibility index (Phi) is 4.86. The Morgan fingerprint density at radius 1 is 1.27 bits per heavy atom. The summed E-state index contributed by atoms with van der Waals surface area (Å²) in [6.07, 6.45) is 3.04. The molecule has 1 aliphatic carbocycles. The Labute approximate surface area is 159 Å². The summed E-state index contributed by atoms with van der Waals surface area (Å²) < 4.78 is 0. The molecule has 2 heterocycles. The second-order valence-corrected chi connectivity index (χ2v) is 8.10. The number of β-amino-alcohol motifs (C(OH)–C–C–N with tert-alkyl or cyclic N) is 1. The second kappa shape index (κ2) is 7.14. The van der Waals surface area contributed by atoms with Crippen LogP contribution in [-0.4, -0.2) is 52.3 Å². The van der Waals surface area contributed by atoms with Crippen LogP contribution in [0.3, 0.4) is 0 Å². The minimum atomic E-state index is -0.735. The van der Waals surface area contributed by atoms with Crippen LogP contribution in [-0.2, 0) is 6.54 Å². The van der Waals surface area contributed by atoms with E-state index in [1.54, 1.807) is 6.07 Å². The SMILES string of the molecule is CN(CC1(O)CCN(Cc2ccccc2)C1)c1cc(Cl)nc(C2CC2)n1. The van der Waals surface area contributed by atoms with Crippen LogP contribution in [0.25, 0.3) is 0 Å². The minimum Gasteiger partial charge on any atom is -0.387 e. The smallest absolute Gasteiger partial charge is 0.135 e. The van der Waals surface area contributed by atoms with E-state index in [1.807, 2.05) is 18.0 Å². The molecule has 1 N–H and O–H groups in total. The van der Waals surface area contributed by atoms with Crippen molar-refractivity contribution >= 4 is 17.4 Å². The number of aliphatic hydroxyl groups is 1. The Morgan fingerprint density at radius 2 is 2.04 bits per heavy atom. The van der Waals surface area contributed by atoms with Crippen LogP contribution in [0.2, 0.25) is 5.15 Å². The quantitative estimate of drug-likeness (QED) is 0.790. The summed E-state index contributed by atoms with van der Waals surface area (Å²) in [6, 6.07) is 12.2. The van der Waals surface area contributed by atoms with Crippen molar-refractivity contribution in [2.75, 3.05) is 31.6 Å². The van der Waals surface area contributed by atoms with Gasteiger partial charge in [-0.2, -0.15) is 0 Å². The first-order chi connectivity index (χ1) is 12.5. The van der Waals surface area contributed by atoms with E-state index in [0.29, 0.717) is 24.2 Å². The second-order valence-electron chi connectivity index (χ2n) is 7.71. The topological polar surface area (TPSA) is 52.5 Å². The maximum atomic E-state index is 11.1. The van der Waals surface area contributed by atoms with Crippen LogP contribution >= 0.6 is 11.6 Å². The predicted octanol–water partition coefficient (Wildman–Crippen LogP) is 3.08. The van der Waals surface area contributed by atoms with E-state index >= 15 is 0 Å². The Morgan fingerprint density at radius 3 is 2.77 bits per heavy atom. The van der Waals surface area contributed by atoms with E-state index in [1.165, 1.54) is 5.56 Å². The zero-order valence-electron chi connectivity index (χ0n) is 15.1. The number of likely N-dealkylation sites (N-methyl/N-ethyl adjacent to an activating group) is 1. The molecule has 2 fully saturated rings. The van der Waals surface area contributed by atoms with E-state index in [0.717, 1.165) is 44.0 Å². The molecule has 4 rings (SSSR count). The first-order valence-corrected chi connectivity index (χ1v) is 9.63. The van der Waals surface area contributed by atoms with Crippen LogP contribution in [0.4, 0.5) is 5.82 Å². The van der Waals surface area contributed by atoms with E-state index in [-0.39, 0.29) is 0 Å². The van der Waals surface area contributed by atoms with Gasteiger partial charge in [0.2, 0.25) is 0 Å². The highest BCUT2D eigenvalue weighted by molar-refractivity contribution is 6.29. The molecule has 1 saturated heterocycles. The number of benzene rings is 1. The van der Waals surface area contributed by atoms with E-state index in [2.05, 4.69) is 39.1 Å². The van der Waals surface area contributed by atoms with Crippen LogP contribution in [0.1, 0.15) is 36.6 Å². The van der Waals surface area contributed by atoms with Crippen LogP contribution in [0.15, 0.2) is 36.4 Å². The van der Waals surface area contributed by atoms with Crippen molar-refractivity contribution in [3.8, 4) is 0 Å². The molecule has 0 bridgehead atoms. The molecule has 1 atom stereocenters. The van der Waals surface area contributed by atoms with Crippen molar-refractivity contribution in [3.05, 3.63) is 52.9 Å². The average Bonchev–Trinajstić information content (AvgIpc) is 3.40. The first kappa shape index (κ1) is 17.7. The fourth-order valence-corrected chi connectivity index (χ4v) is 3.90. The third-order valence-corrected chi connectivity index (χ3v) is 5.42. The van der Waals surface area contributed by atoms with Gasteiger partial charge >= 0.3 is 0 Å².